The maximum absolute atomic E-state index is 9.90. The molecule has 41 heavy (non-hydrogen) atoms. The first-order valence-corrected chi connectivity index (χ1v) is 18.6. The van der Waals surface area contributed by atoms with Gasteiger partial charge in [0.05, 0.1) is 23.4 Å². The minimum atomic E-state index is -1.16. The van der Waals surface area contributed by atoms with E-state index in [1.54, 1.807) is 12.5 Å². The molecular weight excluding hydrogens is 530 g/mol. The van der Waals surface area contributed by atoms with Crippen molar-refractivity contribution in [2.75, 3.05) is 31.2 Å². The summed E-state index contributed by atoms with van der Waals surface area (Å²) in [6.07, 6.45) is 8.84. The molecule has 2 aromatic carbocycles. The van der Waals surface area contributed by atoms with Crippen LogP contribution in [0, 0.1) is 18.3 Å². The van der Waals surface area contributed by atoms with Crippen molar-refractivity contribution in [1.82, 2.24) is 4.57 Å². The Labute approximate surface area is 245 Å². The number of piperidine rings is 1. The third-order valence-corrected chi connectivity index (χ3v) is 9.81. The van der Waals surface area contributed by atoms with Gasteiger partial charge in [-0.05, 0) is 67.5 Å². The summed E-state index contributed by atoms with van der Waals surface area (Å²) in [6.45, 7) is 13.0. The summed E-state index contributed by atoms with van der Waals surface area (Å²) < 4.78 is 24.8. The monoisotopic (exact) mass is 573 g/mol. The summed E-state index contributed by atoms with van der Waals surface area (Å²) in [7, 11) is -1.16. The summed E-state index contributed by atoms with van der Waals surface area (Å²) in [5, 5.41) is 11.0. The highest BCUT2D eigenvalue weighted by atomic mass is 28.3. The first-order chi connectivity index (χ1) is 19.8. The van der Waals surface area contributed by atoms with E-state index in [1.807, 2.05) is 6.20 Å². The van der Waals surface area contributed by atoms with E-state index in [0.717, 1.165) is 79.2 Å². The van der Waals surface area contributed by atoms with E-state index in [1.165, 1.54) is 11.3 Å². The lowest BCUT2D eigenvalue weighted by Gasteiger charge is -2.34. The van der Waals surface area contributed by atoms with Gasteiger partial charge >= 0.3 is 0 Å². The molecule has 7 nitrogen and oxygen atoms in total. The van der Waals surface area contributed by atoms with Gasteiger partial charge in [-0.1, -0.05) is 37.8 Å². The molecule has 0 spiro atoms. The number of aryl methyl sites for hydroxylation is 1. The van der Waals surface area contributed by atoms with Crippen LogP contribution in [0.5, 0.6) is 5.75 Å². The third kappa shape index (κ3) is 7.27. The molecule has 8 heteroatoms. The highest BCUT2D eigenvalue weighted by Gasteiger charge is 2.25. The zero-order chi connectivity index (χ0) is 28.8. The van der Waals surface area contributed by atoms with Crippen molar-refractivity contribution in [1.29, 1.82) is 5.26 Å². The van der Waals surface area contributed by atoms with Crippen LogP contribution in [0.15, 0.2) is 55.1 Å². The number of hydrogen-bond donors (Lipinski definition) is 0. The first-order valence-electron chi connectivity index (χ1n) is 14.9. The molecule has 1 fully saturated rings. The van der Waals surface area contributed by atoms with Crippen molar-refractivity contribution in [2.24, 2.45) is 0 Å². The van der Waals surface area contributed by atoms with E-state index in [4.69, 9.17) is 18.9 Å². The molecule has 0 N–H and O–H groups in total. The van der Waals surface area contributed by atoms with Gasteiger partial charge in [-0.25, -0.2) is 0 Å². The molecule has 0 atom stereocenters. The minimum absolute atomic E-state index is 0.173. The van der Waals surface area contributed by atoms with Crippen LogP contribution in [0.25, 0.3) is 10.9 Å². The molecule has 0 saturated carbocycles. The molecule has 0 aliphatic carbocycles. The van der Waals surface area contributed by atoms with Crippen molar-refractivity contribution in [3.05, 3.63) is 71.8 Å². The van der Waals surface area contributed by atoms with Crippen LogP contribution < -0.4 is 9.64 Å². The molecule has 1 aromatic heterocycles. The summed E-state index contributed by atoms with van der Waals surface area (Å²) >= 11 is 0. The Balaban J connectivity index is 1.20. The fraction of sp³-hybridized carbons (Fsp3) is 0.485. The first kappa shape index (κ1) is 29.1. The van der Waals surface area contributed by atoms with Crippen molar-refractivity contribution in [2.45, 2.75) is 77.2 Å². The van der Waals surface area contributed by atoms with E-state index < -0.39 is 8.07 Å². The van der Waals surface area contributed by atoms with Crippen LogP contribution in [0.2, 0.25) is 25.7 Å². The second-order valence-corrected chi connectivity index (χ2v) is 18.0. The molecular formula is C33H43N3O4Si. The zero-order valence-corrected chi connectivity index (χ0v) is 25.9. The molecule has 0 radical (unpaired) electrons. The Hall–Kier alpha value is -3.41. The van der Waals surface area contributed by atoms with E-state index in [-0.39, 0.29) is 6.29 Å². The van der Waals surface area contributed by atoms with E-state index in [2.05, 4.69) is 78.5 Å². The fourth-order valence-electron chi connectivity index (χ4n) is 5.72. The van der Waals surface area contributed by atoms with Crippen LogP contribution in [-0.4, -0.2) is 45.2 Å². The van der Waals surface area contributed by atoms with Crippen LogP contribution in [0.3, 0.4) is 0 Å². The predicted molar refractivity (Wildman–Crippen MR) is 166 cm³/mol. The predicted octanol–water partition coefficient (Wildman–Crippen LogP) is 7.52. The standard InChI is InChI=1S/C33H43N3O4Si/c1-25-7-12-30(33-32(25)28(22-34)23-36(33)24-37-20-21-41(2,3)4)35-15-13-27(14-16-35)26-8-10-29(11-9-26)38-17-5-6-31-39-18-19-40-31/h7-12,18-19,23,27,31H,5-6,13-17,20-21,24H2,1-4H3. The van der Waals surface area contributed by atoms with Gasteiger partial charge in [0.25, 0.3) is 0 Å². The third-order valence-electron chi connectivity index (χ3n) is 8.11. The quantitative estimate of drug-likeness (QED) is 0.165. The van der Waals surface area contributed by atoms with Gasteiger partial charge in [-0.15, -0.1) is 0 Å². The fourth-order valence-corrected chi connectivity index (χ4v) is 6.47. The van der Waals surface area contributed by atoms with Gasteiger partial charge in [0, 0.05) is 45.8 Å². The van der Waals surface area contributed by atoms with Crippen molar-refractivity contribution >= 4 is 24.7 Å². The lowest BCUT2D eigenvalue weighted by molar-refractivity contribution is -0.0310. The van der Waals surface area contributed by atoms with Gasteiger partial charge in [0.1, 0.15) is 31.1 Å². The molecule has 3 aromatic rings. The molecule has 2 aliphatic rings. The molecule has 2 aliphatic heterocycles. The second kappa shape index (κ2) is 13.0. The Morgan fingerprint density at radius 2 is 1.73 bits per heavy atom. The maximum atomic E-state index is 9.90. The number of ether oxygens (including phenoxy) is 4. The average Bonchev–Trinajstić information content (AvgIpc) is 3.62. The molecule has 5 rings (SSSR count). The highest BCUT2D eigenvalue weighted by Crippen LogP contribution is 2.37. The molecule has 1 saturated heterocycles. The molecule has 0 unspecified atom stereocenters. The summed E-state index contributed by atoms with van der Waals surface area (Å²) in [5.74, 6) is 1.43. The van der Waals surface area contributed by atoms with Gasteiger partial charge < -0.3 is 28.4 Å². The SMILES string of the molecule is Cc1ccc(N2CCC(c3ccc(OCCCC4OC=CO4)cc3)CC2)c2c1c(C#N)cn2COCC[Si](C)(C)C. The van der Waals surface area contributed by atoms with Crippen molar-refractivity contribution < 1.29 is 18.9 Å². The van der Waals surface area contributed by atoms with Crippen LogP contribution in [-0.2, 0) is 20.9 Å². The highest BCUT2D eigenvalue weighted by molar-refractivity contribution is 6.76. The molecule has 0 bridgehead atoms. The largest absolute Gasteiger partial charge is 0.494 e. The lowest BCUT2D eigenvalue weighted by Crippen LogP contribution is -2.33. The number of nitriles is 1. The Kier molecular flexibility index (Phi) is 9.26. The van der Waals surface area contributed by atoms with Gasteiger partial charge in [-0.3, -0.25) is 0 Å². The van der Waals surface area contributed by atoms with Gasteiger partial charge in [0.2, 0.25) is 6.29 Å². The summed E-state index contributed by atoms with van der Waals surface area (Å²) in [6, 6.07) is 16.6. The second-order valence-electron chi connectivity index (χ2n) is 12.4. The number of hydrogen-bond acceptors (Lipinski definition) is 6. The van der Waals surface area contributed by atoms with Crippen molar-refractivity contribution in [3.8, 4) is 11.8 Å². The maximum Gasteiger partial charge on any atom is 0.239 e. The number of rotatable bonds is 12. The van der Waals surface area contributed by atoms with Crippen LogP contribution in [0.4, 0.5) is 5.69 Å². The normalized spacial score (nSPS) is 16.1. The summed E-state index contributed by atoms with van der Waals surface area (Å²) in [5.41, 5.74) is 5.55. The Morgan fingerprint density at radius 3 is 2.41 bits per heavy atom. The number of nitrogens with zero attached hydrogens (tertiary/aromatic N) is 3. The molecule has 0 amide bonds. The number of aromatic nitrogens is 1. The molecule has 218 valence electrons. The zero-order valence-electron chi connectivity index (χ0n) is 24.9. The average molecular weight is 574 g/mol. The Morgan fingerprint density at radius 1 is 1.00 bits per heavy atom. The minimum Gasteiger partial charge on any atom is -0.494 e. The van der Waals surface area contributed by atoms with E-state index >= 15 is 0 Å². The Bertz CT molecular complexity index is 1370. The van der Waals surface area contributed by atoms with E-state index in [0.29, 0.717) is 19.3 Å². The smallest absolute Gasteiger partial charge is 0.239 e. The number of benzene rings is 2. The van der Waals surface area contributed by atoms with Crippen molar-refractivity contribution in [3.63, 3.8) is 0 Å². The van der Waals surface area contributed by atoms with E-state index in [9.17, 15) is 5.26 Å². The number of anilines is 1. The van der Waals surface area contributed by atoms with Crippen LogP contribution >= 0.6 is 0 Å². The topological polar surface area (TPSA) is 68.9 Å². The van der Waals surface area contributed by atoms with Gasteiger partial charge in [-0.2, -0.15) is 5.26 Å². The van der Waals surface area contributed by atoms with Crippen LogP contribution in [0.1, 0.15) is 48.3 Å². The van der Waals surface area contributed by atoms with Gasteiger partial charge in [0.15, 0.2) is 0 Å². The summed E-state index contributed by atoms with van der Waals surface area (Å²) in [4.78, 5) is 2.49. The molecule has 3 heterocycles. The number of fused-ring (bicyclic) bond motifs is 1. The lowest BCUT2D eigenvalue weighted by atomic mass is 9.89.